The van der Waals surface area contributed by atoms with Crippen LogP contribution in [0.15, 0.2) is 6.20 Å². The predicted octanol–water partition coefficient (Wildman–Crippen LogP) is 3.43. The summed E-state index contributed by atoms with van der Waals surface area (Å²) in [6, 6.07) is 0.100. The molecule has 3 nitrogen and oxygen atoms in total. The predicted molar refractivity (Wildman–Crippen MR) is 79.1 cm³/mol. The molecule has 1 aromatic rings. The molecule has 0 amide bonds. The van der Waals surface area contributed by atoms with Crippen LogP contribution in [0.1, 0.15) is 51.5 Å². The molecule has 0 aliphatic carbocycles. The number of nitrogens with zero attached hydrogens (tertiary/aromatic N) is 2. The topological polar surface area (TPSA) is 42.1 Å². The Labute approximate surface area is 114 Å². The molecule has 1 aliphatic rings. The van der Waals surface area contributed by atoms with Crippen LogP contribution in [-0.2, 0) is 0 Å². The number of hydrogen-bond donors (Lipinski definition) is 1. The first kappa shape index (κ1) is 13.8. The molecule has 0 radical (unpaired) electrons. The number of anilines is 1. The SMILES string of the molecule is CC(N)c1cnc(N2CCC(C(C)(C)C)CC2)s1. The van der Waals surface area contributed by atoms with Crippen molar-refractivity contribution in [3.8, 4) is 0 Å². The van der Waals surface area contributed by atoms with Gasteiger partial charge in [-0.3, -0.25) is 0 Å². The first-order valence-corrected chi connectivity index (χ1v) is 7.66. The Kier molecular flexibility index (Phi) is 3.97. The average Bonchev–Trinajstić information content (AvgIpc) is 2.77. The van der Waals surface area contributed by atoms with E-state index in [4.69, 9.17) is 5.73 Å². The van der Waals surface area contributed by atoms with Crippen molar-refractivity contribution in [3.63, 3.8) is 0 Å². The van der Waals surface area contributed by atoms with Crippen molar-refractivity contribution in [2.75, 3.05) is 18.0 Å². The van der Waals surface area contributed by atoms with E-state index in [1.165, 1.54) is 17.7 Å². The smallest absolute Gasteiger partial charge is 0.185 e. The Hall–Kier alpha value is -0.610. The number of piperidine rings is 1. The summed E-state index contributed by atoms with van der Waals surface area (Å²) in [4.78, 5) is 8.11. The molecule has 0 bridgehead atoms. The zero-order valence-corrected chi connectivity index (χ0v) is 12.8. The number of thiazole rings is 1. The molecule has 2 heterocycles. The average molecular weight is 267 g/mol. The van der Waals surface area contributed by atoms with E-state index in [1.54, 1.807) is 11.3 Å². The van der Waals surface area contributed by atoms with Gasteiger partial charge in [-0.25, -0.2) is 4.98 Å². The van der Waals surface area contributed by atoms with Crippen LogP contribution in [0, 0.1) is 11.3 Å². The first-order valence-electron chi connectivity index (χ1n) is 6.84. The summed E-state index contributed by atoms with van der Waals surface area (Å²) < 4.78 is 0. The lowest BCUT2D eigenvalue weighted by molar-refractivity contribution is 0.199. The highest BCUT2D eigenvalue weighted by atomic mass is 32.1. The van der Waals surface area contributed by atoms with Crippen LogP contribution in [0.4, 0.5) is 5.13 Å². The quantitative estimate of drug-likeness (QED) is 0.892. The molecule has 1 unspecified atom stereocenters. The standard InChI is InChI=1S/C14H25N3S/c1-10(15)12-9-16-13(18-12)17-7-5-11(6-8-17)14(2,3)4/h9-11H,5-8,15H2,1-4H3. The van der Waals surface area contributed by atoms with Gasteiger partial charge < -0.3 is 10.6 Å². The van der Waals surface area contributed by atoms with Crippen molar-refractivity contribution in [3.05, 3.63) is 11.1 Å². The summed E-state index contributed by atoms with van der Waals surface area (Å²) >= 11 is 1.75. The van der Waals surface area contributed by atoms with Gasteiger partial charge in [0.25, 0.3) is 0 Å². The minimum Gasteiger partial charge on any atom is -0.348 e. The van der Waals surface area contributed by atoms with Crippen molar-refractivity contribution in [2.24, 2.45) is 17.1 Å². The lowest BCUT2D eigenvalue weighted by Gasteiger charge is -2.38. The molecule has 0 aromatic carbocycles. The van der Waals surface area contributed by atoms with Crippen LogP contribution < -0.4 is 10.6 Å². The van der Waals surface area contributed by atoms with E-state index in [-0.39, 0.29) is 6.04 Å². The monoisotopic (exact) mass is 267 g/mol. The summed E-state index contributed by atoms with van der Waals surface area (Å²) in [5.74, 6) is 0.835. The van der Waals surface area contributed by atoms with Crippen LogP contribution in [0.25, 0.3) is 0 Å². The molecule has 0 saturated carbocycles. The minimum absolute atomic E-state index is 0.100. The van der Waals surface area contributed by atoms with Gasteiger partial charge in [0.1, 0.15) is 0 Å². The normalized spacial score (nSPS) is 20.2. The van der Waals surface area contributed by atoms with Crippen molar-refractivity contribution in [1.29, 1.82) is 0 Å². The van der Waals surface area contributed by atoms with Gasteiger partial charge in [-0.2, -0.15) is 0 Å². The van der Waals surface area contributed by atoms with E-state index in [2.05, 4.69) is 30.7 Å². The van der Waals surface area contributed by atoms with Crippen molar-refractivity contribution < 1.29 is 0 Å². The fourth-order valence-electron chi connectivity index (χ4n) is 2.57. The highest BCUT2D eigenvalue weighted by Crippen LogP contribution is 2.36. The third-order valence-electron chi connectivity index (χ3n) is 3.95. The maximum Gasteiger partial charge on any atom is 0.185 e. The molecule has 1 atom stereocenters. The second kappa shape index (κ2) is 5.17. The van der Waals surface area contributed by atoms with Crippen LogP contribution in [0.2, 0.25) is 0 Å². The highest BCUT2D eigenvalue weighted by molar-refractivity contribution is 7.15. The molecular weight excluding hydrogens is 242 g/mol. The summed E-state index contributed by atoms with van der Waals surface area (Å²) in [5, 5.41) is 1.15. The fraction of sp³-hybridized carbons (Fsp3) is 0.786. The Morgan fingerprint density at radius 3 is 2.44 bits per heavy atom. The maximum atomic E-state index is 5.89. The Bertz CT molecular complexity index is 384. The second-order valence-electron chi connectivity index (χ2n) is 6.46. The molecule has 18 heavy (non-hydrogen) atoms. The Morgan fingerprint density at radius 1 is 1.39 bits per heavy atom. The number of aromatic nitrogens is 1. The van der Waals surface area contributed by atoms with Gasteiger partial charge in [0.15, 0.2) is 5.13 Å². The molecule has 1 aromatic heterocycles. The van der Waals surface area contributed by atoms with Crippen molar-refractivity contribution >= 4 is 16.5 Å². The number of nitrogens with two attached hydrogens (primary N) is 1. The zero-order valence-electron chi connectivity index (χ0n) is 11.9. The number of hydrogen-bond acceptors (Lipinski definition) is 4. The third-order valence-corrected chi connectivity index (χ3v) is 5.21. The van der Waals surface area contributed by atoms with E-state index < -0.39 is 0 Å². The molecule has 0 spiro atoms. The molecule has 4 heteroatoms. The van der Waals surface area contributed by atoms with Gasteiger partial charge >= 0.3 is 0 Å². The zero-order chi connectivity index (χ0) is 13.3. The molecule has 2 N–H and O–H groups in total. The van der Waals surface area contributed by atoms with Gasteiger partial charge in [-0.15, -0.1) is 11.3 Å². The van der Waals surface area contributed by atoms with Crippen LogP contribution in [-0.4, -0.2) is 18.1 Å². The molecular formula is C14H25N3S. The fourth-order valence-corrected chi connectivity index (χ4v) is 3.49. The van der Waals surface area contributed by atoms with Crippen molar-refractivity contribution in [2.45, 2.75) is 46.6 Å². The Balaban J connectivity index is 1.97. The maximum absolute atomic E-state index is 5.89. The van der Waals surface area contributed by atoms with Crippen LogP contribution in [0.3, 0.4) is 0 Å². The first-order chi connectivity index (χ1) is 8.38. The van der Waals surface area contributed by atoms with Crippen molar-refractivity contribution in [1.82, 2.24) is 4.98 Å². The Morgan fingerprint density at radius 2 is 2.00 bits per heavy atom. The second-order valence-corrected chi connectivity index (χ2v) is 7.50. The lowest BCUT2D eigenvalue weighted by Crippen LogP contribution is -2.37. The summed E-state index contributed by atoms with van der Waals surface area (Å²) in [6.07, 6.45) is 4.48. The van der Waals surface area contributed by atoms with Gasteiger partial charge in [0, 0.05) is 30.2 Å². The van der Waals surface area contributed by atoms with E-state index >= 15 is 0 Å². The summed E-state index contributed by atoms with van der Waals surface area (Å²) in [6.45, 7) is 11.3. The van der Waals surface area contributed by atoms with Crippen LogP contribution >= 0.6 is 11.3 Å². The molecule has 1 saturated heterocycles. The van der Waals surface area contributed by atoms with E-state index in [9.17, 15) is 0 Å². The van der Waals surface area contributed by atoms with E-state index in [0.29, 0.717) is 5.41 Å². The minimum atomic E-state index is 0.100. The summed E-state index contributed by atoms with van der Waals surface area (Å²) in [5.41, 5.74) is 6.32. The third kappa shape index (κ3) is 3.04. The highest BCUT2D eigenvalue weighted by Gasteiger charge is 2.29. The van der Waals surface area contributed by atoms with Gasteiger partial charge in [-0.1, -0.05) is 20.8 Å². The van der Waals surface area contributed by atoms with Gasteiger partial charge in [0.05, 0.1) is 0 Å². The van der Waals surface area contributed by atoms with Gasteiger partial charge in [0.2, 0.25) is 0 Å². The van der Waals surface area contributed by atoms with Crippen LogP contribution in [0.5, 0.6) is 0 Å². The molecule has 1 fully saturated rings. The largest absolute Gasteiger partial charge is 0.348 e. The molecule has 1 aliphatic heterocycles. The lowest BCUT2D eigenvalue weighted by atomic mass is 9.75. The van der Waals surface area contributed by atoms with E-state index in [1.807, 2.05) is 13.1 Å². The van der Waals surface area contributed by atoms with Gasteiger partial charge in [-0.05, 0) is 31.1 Å². The number of rotatable bonds is 2. The van der Waals surface area contributed by atoms with E-state index in [0.717, 1.165) is 24.1 Å². The molecule has 2 rings (SSSR count). The summed E-state index contributed by atoms with van der Waals surface area (Å²) in [7, 11) is 0. The molecule has 102 valence electrons.